The van der Waals surface area contributed by atoms with Crippen molar-refractivity contribution in [2.75, 3.05) is 16.8 Å². The number of amides is 2. The number of hydrogen-bond donors (Lipinski definition) is 2. The number of carboxylic acid groups (broad SMARTS) is 1. The Balaban J connectivity index is 1.24. The first-order valence-electron chi connectivity index (χ1n) is 12.3. The molecule has 1 aliphatic carbocycles. The highest BCUT2D eigenvalue weighted by Gasteiger charge is 2.26. The Morgan fingerprint density at radius 3 is 2.29 bits per heavy atom. The van der Waals surface area contributed by atoms with E-state index in [2.05, 4.69) is 41.7 Å². The lowest BCUT2D eigenvalue weighted by atomic mass is 9.77. The lowest BCUT2D eigenvalue weighted by Gasteiger charge is -2.28. The summed E-state index contributed by atoms with van der Waals surface area (Å²) in [5.41, 5.74) is 6.51. The Kier molecular flexibility index (Phi) is 6.78. The van der Waals surface area contributed by atoms with E-state index in [0.717, 1.165) is 49.0 Å². The van der Waals surface area contributed by atoms with E-state index in [0.29, 0.717) is 29.8 Å². The van der Waals surface area contributed by atoms with Crippen molar-refractivity contribution >= 4 is 35.0 Å². The Labute approximate surface area is 210 Å². The highest BCUT2D eigenvalue weighted by atomic mass is 35.5. The van der Waals surface area contributed by atoms with Crippen LogP contribution in [0.15, 0.2) is 66.7 Å². The second-order valence-electron chi connectivity index (χ2n) is 9.62. The molecule has 1 fully saturated rings. The zero-order valence-corrected chi connectivity index (χ0v) is 20.3. The number of aliphatic carboxylic acids is 1. The van der Waals surface area contributed by atoms with E-state index in [9.17, 15) is 9.59 Å². The summed E-state index contributed by atoms with van der Waals surface area (Å²) in [7, 11) is 0. The lowest BCUT2D eigenvalue weighted by Crippen LogP contribution is -2.33. The van der Waals surface area contributed by atoms with Gasteiger partial charge in [-0.3, -0.25) is 9.69 Å². The molecule has 3 aromatic carbocycles. The molecule has 0 unspecified atom stereocenters. The maximum Gasteiger partial charge on any atom is 0.326 e. The first-order chi connectivity index (χ1) is 17.0. The SMILES string of the molecule is O=C(O)CC1CCC(c2ccc(-c3ccc4c(c3)CCN4C(=O)Nc3ccc(Cl)cc3)cc2)CC1. The molecule has 2 N–H and O–H groups in total. The van der Waals surface area contributed by atoms with Crippen molar-refractivity contribution in [1.82, 2.24) is 0 Å². The van der Waals surface area contributed by atoms with Crippen LogP contribution >= 0.6 is 11.6 Å². The van der Waals surface area contributed by atoms with Gasteiger partial charge in [0, 0.05) is 29.4 Å². The molecule has 2 aliphatic rings. The fourth-order valence-corrected chi connectivity index (χ4v) is 5.54. The normalized spacial score (nSPS) is 19.3. The number of halogens is 1. The number of hydrogen-bond acceptors (Lipinski definition) is 2. The minimum absolute atomic E-state index is 0.138. The van der Waals surface area contributed by atoms with Gasteiger partial charge in [-0.15, -0.1) is 0 Å². The zero-order chi connectivity index (χ0) is 24.4. The quantitative estimate of drug-likeness (QED) is 0.394. The maximum absolute atomic E-state index is 12.8. The van der Waals surface area contributed by atoms with Crippen molar-refractivity contribution in [1.29, 1.82) is 0 Å². The molecule has 0 bridgehead atoms. The highest BCUT2D eigenvalue weighted by Crippen LogP contribution is 2.38. The van der Waals surface area contributed by atoms with Crippen molar-refractivity contribution in [2.45, 2.75) is 44.4 Å². The Hall–Kier alpha value is -3.31. The van der Waals surface area contributed by atoms with Gasteiger partial charge in [0.25, 0.3) is 0 Å². The van der Waals surface area contributed by atoms with Crippen LogP contribution in [0.2, 0.25) is 5.02 Å². The summed E-state index contributed by atoms with van der Waals surface area (Å²) in [6.45, 7) is 0.654. The van der Waals surface area contributed by atoms with Gasteiger partial charge < -0.3 is 10.4 Å². The fraction of sp³-hybridized carbons (Fsp3) is 0.310. The molecule has 0 atom stereocenters. The van der Waals surface area contributed by atoms with Crippen LogP contribution < -0.4 is 10.2 Å². The van der Waals surface area contributed by atoms with E-state index in [1.54, 1.807) is 29.2 Å². The molecular formula is C29H29ClN2O3. The van der Waals surface area contributed by atoms with Crippen LogP contribution in [0.1, 0.15) is 49.1 Å². The summed E-state index contributed by atoms with van der Waals surface area (Å²) in [5.74, 6) is 0.154. The van der Waals surface area contributed by atoms with Gasteiger partial charge in [0.2, 0.25) is 0 Å². The van der Waals surface area contributed by atoms with Crippen molar-refractivity contribution in [3.8, 4) is 11.1 Å². The van der Waals surface area contributed by atoms with Crippen LogP contribution in [0.5, 0.6) is 0 Å². The highest BCUT2D eigenvalue weighted by molar-refractivity contribution is 6.30. The van der Waals surface area contributed by atoms with Gasteiger partial charge in [0.05, 0.1) is 0 Å². The largest absolute Gasteiger partial charge is 0.481 e. The molecule has 5 nitrogen and oxygen atoms in total. The van der Waals surface area contributed by atoms with Gasteiger partial charge >= 0.3 is 12.0 Å². The Bertz CT molecular complexity index is 1220. The van der Waals surface area contributed by atoms with Crippen LogP contribution in [0.25, 0.3) is 11.1 Å². The summed E-state index contributed by atoms with van der Waals surface area (Å²) in [6.07, 6.45) is 5.23. The molecule has 0 radical (unpaired) electrons. The van der Waals surface area contributed by atoms with Gasteiger partial charge in [-0.1, -0.05) is 41.9 Å². The van der Waals surface area contributed by atoms with Crippen LogP contribution in [0, 0.1) is 5.92 Å². The van der Waals surface area contributed by atoms with Crippen molar-refractivity contribution in [2.24, 2.45) is 5.92 Å². The predicted molar refractivity (Wildman–Crippen MR) is 140 cm³/mol. The minimum Gasteiger partial charge on any atom is -0.481 e. The molecule has 1 saturated carbocycles. The molecule has 1 aliphatic heterocycles. The third-order valence-corrected chi connectivity index (χ3v) is 7.59. The number of rotatable bonds is 5. The number of nitrogens with one attached hydrogen (secondary N) is 1. The molecule has 0 aromatic heterocycles. The van der Waals surface area contributed by atoms with E-state index >= 15 is 0 Å². The standard InChI is InChI=1S/C29H29ClN2O3/c30-25-10-12-26(13-11-25)31-29(35)32-16-15-24-18-23(9-14-27(24)32)22-7-5-21(6-8-22)20-3-1-19(2-4-20)17-28(33)34/h5-14,18-20H,1-4,15-17H2,(H,31,35)(H,33,34). The van der Waals surface area contributed by atoms with Gasteiger partial charge in [-0.05, 0) is 103 Å². The molecule has 0 saturated heterocycles. The number of fused-ring (bicyclic) bond motifs is 1. The maximum atomic E-state index is 12.8. The van der Waals surface area contributed by atoms with Crippen LogP contribution in [0.3, 0.4) is 0 Å². The second-order valence-corrected chi connectivity index (χ2v) is 10.1. The van der Waals surface area contributed by atoms with Crippen molar-refractivity contribution in [3.05, 3.63) is 82.9 Å². The summed E-state index contributed by atoms with van der Waals surface area (Å²) in [6, 6.07) is 22.1. The third-order valence-electron chi connectivity index (χ3n) is 7.34. The predicted octanol–water partition coefficient (Wildman–Crippen LogP) is 7.35. The number of nitrogens with zero attached hydrogens (tertiary/aromatic N) is 1. The van der Waals surface area contributed by atoms with Gasteiger partial charge in [-0.2, -0.15) is 0 Å². The first kappa shape index (κ1) is 23.4. The Morgan fingerprint density at radius 2 is 1.60 bits per heavy atom. The van der Waals surface area contributed by atoms with Crippen molar-refractivity contribution < 1.29 is 14.7 Å². The van der Waals surface area contributed by atoms with Gasteiger partial charge in [0.15, 0.2) is 0 Å². The average molecular weight is 489 g/mol. The zero-order valence-electron chi connectivity index (χ0n) is 19.5. The summed E-state index contributed by atoms with van der Waals surface area (Å²) in [4.78, 5) is 25.6. The van der Waals surface area contributed by atoms with E-state index in [1.807, 2.05) is 6.07 Å². The van der Waals surface area contributed by atoms with Crippen LogP contribution in [-0.4, -0.2) is 23.7 Å². The molecule has 6 heteroatoms. The van der Waals surface area contributed by atoms with E-state index < -0.39 is 5.97 Å². The topological polar surface area (TPSA) is 69.6 Å². The smallest absolute Gasteiger partial charge is 0.326 e. The number of urea groups is 1. The van der Waals surface area contributed by atoms with Crippen LogP contribution in [-0.2, 0) is 11.2 Å². The molecule has 3 aromatic rings. The number of benzene rings is 3. The average Bonchev–Trinajstić information content (AvgIpc) is 3.29. The number of carboxylic acids is 1. The van der Waals surface area contributed by atoms with E-state index in [1.165, 1.54) is 16.7 Å². The second kappa shape index (κ2) is 10.1. The molecule has 180 valence electrons. The van der Waals surface area contributed by atoms with Gasteiger partial charge in [0.1, 0.15) is 0 Å². The third kappa shape index (κ3) is 5.35. The van der Waals surface area contributed by atoms with E-state index in [-0.39, 0.29) is 6.03 Å². The molecule has 1 heterocycles. The molecule has 2 amide bonds. The fourth-order valence-electron chi connectivity index (χ4n) is 5.41. The monoisotopic (exact) mass is 488 g/mol. The van der Waals surface area contributed by atoms with Crippen LogP contribution in [0.4, 0.5) is 16.2 Å². The Morgan fingerprint density at radius 1 is 0.914 bits per heavy atom. The lowest BCUT2D eigenvalue weighted by molar-refractivity contribution is -0.138. The van der Waals surface area contributed by atoms with Gasteiger partial charge in [-0.25, -0.2) is 4.79 Å². The summed E-state index contributed by atoms with van der Waals surface area (Å²) in [5, 5.41) is 12.6. The number of carbonyl (C=O) groups excluding carboxylic acids is 1. The first-order valence-corrected chi connectivity index (χ1v) is 12.6. The number of carbonyl (C=O) groups is 2. The summed E-state index contributed by atoms with van der Waals surface area (Å²) >= 11 is 5.93. The van der Waals surface area contributed by atoms with E-state index in [4.69, 9.17) is 16.7 Å². The molecule has 35 heavy (non-hydrogen) atoms. The molecule has 5 rings (SSSR count). The molecular weight excluding hydrogens is 460 g/mol. The summed E-state index contributed by atoms with van der Waals surface area (Å²) < 4.78 is 0. The van der Waals surface area contributed by atoms with Crippen molar-refractivity contribution in [3.63, 3.8) is 0 Å². The molecule has 0 spiro atoms. The minimum atomic E-state index is -0.683. The number of anilines is 2.